The van der Waals surface area contributed by atoms with Crippen molar-refractivity contribution < 1.29 is 22.7 Å². The third-order valence-corrected chi connectivity index (χ3v) is 8.00. The molecule has 0 fully saturated rings. The van der Waals surface area contributed by atoms with Crippen molar-refractivity contribution in [1.82, 2.24) is 10.2 Å². The summed E-state index contributed by atoms with van der Waals surface area (Å²) in [6.07, 6.45) is 1.94. The molecule has 0 aliphatic rings. The lowest BCUT2D eigenvalue weighted by Crippen LogP contribution is -2.53. The molecule has 0 saturated carbocycles. The van der Waals surface area contributed by atoms with Gasteiger partial charge in [-0.25, -0.2) is 8.42 Å². The highest BCUT2D eigenvalue weighted by Crippen LogP contribution is 2.31. The smallest absolute Gasteiger partial charge is 0.244 e. The molecule has 0 spiro atoms. The number of anilines is 1. The minimum absolute atomic E-state index is 0.0451. The summed E-state index contributed by atoms with van der Waals surface area (Å²) < 4.78 is 32.7. The number of carbonyl (C=O) groups excluding carboxylic acids is 2. The third kappa shape index (κ3) is 9.11. The van der Waals surface area contributed by atoms with Crippen LogP contribution in [0.2, 0.25) is 10.0 Å². The van der Waals surface area contributed by atoms with E-state index in [2.05, 4.69) is 5.32 Å². The van der Waals surface area contributed by atoms with Gasteiger partial charge in [0.25, 0.3) is 0 Å². The van der Waals surface area contributed by atoms with Gasteiger partial charge < -0.3 is 15.0 Å². The van der Waals surface area contributed by atoms with Crippen molar-refractivity contribution in [2.75, 3.05) is 30.3 Å². The number of ether oxygens (including phenoxy) is 1. The van der Waals surface area contributed by atoms with Gasteiger partial charge in [0, 0.05) is 29.6 Å². The van der Waals surface area contributed by atoms with Gasteiger partial charge in [-0.1, -0.05) is 78.7 Å². The van der Waals surface area contributed by atoms with E-state index in [9.17, 15) is 18.0 Å². The zero-order valence-electron chi connectivity index (χ0n) is 23.3. The Morgan fingerprint density at radius 2 is 1.66 bits per heavy atom. The quantitative estimate of drug-likeness (QED) is 0.263. The number of halogens is 2. The maximum Gasteiger partial charge on any atom is 0.244 e. The number of sulfonamides is 1. The number of hydrogen-bond donors (Lipinski definition) is 1. The maximum absolute atomic E-state index is 14.2. The zero-order chi connectivity index (χ0) is 30.0. The SMILES string of the molecule is CCCNC(=O)[C@H](Cc1ccccc1)N(Cc1ccc(Cl)cc1Cl)C(=O)CN(c1ccccc1OCC)S(C)(=O)=O. The van der Waals surface area contributed by atoms with Gasteiger partial charge in [0.2, 0.25) is 21.8 Å². The van der Waals surface area contributed by atoms with Crippen molar-refractivity contribution >= 4 is 50.7 Å². The monoisotopic (exact) mass is 619 g/mol. The van der Waals surface area contributed by atoms with Gasteiger partial charge in [0.15, 0.2) is 0 Å². The molecule has 1 N–H and O–H groups in total. The van der Waals surface area contributed by atoms with Crippen LogP contribution in [0.25, 0.3) is 0 Å². The van der Waals surface area contributed by atoms with E-state index in [-0.39, 0.29) is 24.6 Å². The van der Waals surface area contributed by atoms with Gasteiger partial charge in [-0.3, -0.25) is 13.9 Å². The molecule has 3 aromatic carbocycles. The normalized spacial score (nSPS) is 11.9. The Bertz CT molecular complexity index is 1440. The second kappa shape index (κ2) is 15.1. The highest BCUT2D eigenvalue weighted by molar-refractivity contribution is 7.92. The standard InChI is InChI=1S/C30H35Cl2N3O5S/c1-4-17-33-30(37)27(18-22-11-7-6-8-12-22)34(20-23-15-16-24(31)19-25(23)32)29(36)21-35(41(3,38)39)26-13-9-10-14-28(26)40-5-2/h6-16,19,27H,4-5,17-18,20-21H2,1-3H3,(H,33,37)/t27-/m0/s1. The Hall–Kier alpha value is -3.27. The number of benzene rings is 3. The van der Waals surface area contributed by atoms with E-state index in [1.54, 1.807) is 49.4 Å². The predicted octanol–water partition coefficient (Wildman–Crippen LogP) is 5.32. The number of amides is 2. The molecule has 0 unspecified atom stereocenters. The Morgan fingerprint density at radius 3 is 2.29 bits per heavy atom. The van der Waals surface area contributed by atoms with Crippen LogP contribution in [0, 0.1) is 0 Å². The van der Waals surface area contributed by atoms with Gasteiger partial charge in [-0.15, -0.1) is 0 Å². The molecule has 3 rings (SSSR count). The number of hydrogen-bond acceptors (Lipinski definition) is 5. The van der Waals surface area contributed by atoms with Crippen molar-refractivity contribution in [2.24, 2.45) is 0 Å². The van der Waals surface area contributed by atoms with Gasteiger partial charge in [0.1, 0.15) is 18.3 Å². The number of nitrogens with zero attached hydrogens (tertiary/aromatic N) is 2. The van der Waals surface area contributed by atoms with E-state index in [4.69, 9.17) is 27.9 Å². The molecule has 41 heavy (non-hydrogen) atoms. The Labute approximate surface area is 252 Å². The maximum atomic E-state index is 14.2. The summed E-state index contributed by atoms with van der Waals surface area (Å²) in [6.45, 7) is 3.85. The van der Waals surface area contributed by atoms with Crippen molar-refractivity contribution in [3.05, 3.63) is 94.0 Å². The lowest BCUT2D eigenvalue weighted by atomic mass is 10.0. The summed E-state index contributed by atoms with van der Waals surface area (Å²) in [4.78, 5) is 29.1. The number of nitrogens with one attached hydrogen (secondary N) is 1. The summed E-state index contributed by atoms with van der Waals surface area (Å²) in [7, 11) is -3.93. The number of para-hydroxylation sites is 2. The summed E-state index contributed by atoms with van der Waals surface area (Å²) in [5.74, 6) is -0.614. The van der Waals surface area contributed by atoms with E-state index < -0.39 is 28.5 Å². The minimum atomic E-state index is -3.93. The fraction of sp³-hybridized carbons (Fsp3) is 0.333. The third-order valence-electron chi connectivity index (χ3n) is 6.29. The number of rotatable bonds is 14. The fourth-order valence-corrected chi connectivity index (χ4v) is 5.61. The van der Waals surface area contributed by atoms with E-state index in [1.165, 1.54) is 4.90 Å². The summed E-state index contributed by atoms with van der Waals surface area (Å²) in [5, 5.41) is 3.65. The van der Waals surface area contributed by atoms with Crippen molar-refractivity contribution in [3.8, 4) is 5.75 Å². The Morgan fingerprint density at radius 1 is 0.976 bits per heavy atom. The second-order valence-electron chi connectivity index (χ2n) is 9.42. The molecule has 0 bridgehead atoms. The van der Waals surface area contributed by atoms with Crippen LogP contribution in [0.3, 0.4) is 0 Å². The first-order valence-electron chi connectivity index (χ1n) is 13.3. The minimum Gasteiger partial charge on any atom is -0.492 e. The first kappa shape index (κ1) is 32.2. The molecule has 1 atom stereocenters. The van der Waals surface area contributed by atoms with Crippen LogP contribution < -0.4 is 14.4 Å². The van der Waals surface area contributed by atoms with E-state index in [0.29, 0.717) is 40.9 Å². The van der Waals surface area contributed by atoms with Gasteiger partial charge in [-0.05, 0) is 48.7 Å². The molecule has 0 heterocycles. The molecule has 0 aromatic heterocycles. The Kier molecular flexibility index (Phi) is 11.9. The largest absolute Gasteiger partial charge is 0.492 e. The summed E-state index contributed by atoms with van der Waals surface area (Å²) in [6, 6.07) is 19.9. The van der Waals surface area contributed by atoms with Crippen LogP contribution >= 0.6 is 23.2 Å². The number of carbonyl (C=O) groups is 2. The van der Waals surface area contributed by atoms with Crippen LogP contribution in [-0.4, -0.2) is 57.1 Å². The molecular weight excluding hydrogens is 585 g/mol. The van der Waals surface area contributed by atoms with Crippen LogP contribution in [0.5, 0.6) is 5.75 Å². The molecular formula is C30H35Cl2N3O5S. The van der Waals surface area contributed by atoms with Gasteiger partial charge in [0.05, 0.1) is 18.6 Å². The van der Waals surface area contributed by atoms with Crippen LogP contribution in [0.4, 0.5) is 5.69 Å². The molecule has 11 heteroatoms. The highest BCUT2D eigenvalue weighted by Gasteiger charge is 2.34. The first-order valence-corrected chi connectivity index (χ1v) is 15.9. The van der Waals surface area contributed by atoms with E-state index in [1.807, 2.05) is 37.3 Å². The topological polar surface area (TPSA) is 96.0 Å². The predicted molar refractivity (Wildman–Crippen MR) is 164 cm³/mol. The molecule has 0 saturated heterocycles. The average molecular weight is 621 g/mol. The van der Waals surface area contributed by atoms with Crippen molar-refractivity contribution in [1.29, 1.82) is 0 Å². The van der Waals surface area contributed by atoms with Crippen LogP contribution in [0.15, 0.2) is 72.8 Å². The molecule has 0 radical (unpaired) electrons. The van der Waals surface area contributed by atoms with Gasteiger partial charge >= 0.3 is 0 Å². The van der Waals surface area contributed by atoms with Crippen LogP contribution in [-0.2, 0) is 32.6 Å². The summed E-state index contributed by atoms with van der Waals surface area (Å²) >= 11 is 12.6. The fourth-order valence-electron chi connectivity index (χ4n) is 4.29. The van der Waals surface area contributed by atoms with Crippen LogP contribution in [0.1, 0.15) is 31.4 Å². The van der Waals surface area contributed by atoms with Gasteiger partial charge in [-0.2, -0.15) is 0 Å². The second-order valence-corrected chi connectivity index (χ2v) is 12.2. The lowest BCUT2D eigenvalue weighted by Gasteiger charge is -2.34. The lowest BCUT2D eigenvalue weighted by molar-refractivity contribution is -0.140. The summed E-state index contributed by atoms with van der Waals surface area (Å²) in [5.41, 5.74) is 1.63. The van der Waals surface area contributed by atoms with Crippen molar-refractivity contribution in [3.63, 3.8) is 0 Å². The van der Waals surface area contributed by atoms with Crippen molar-refractivity contribution in [2.45, 2.75) is 39.3 Å². The average Bonchev–Trinajstić information content (AvgIpc) is 2.93. The van der Waals surface area contributed by atoms with E-state index >= 15 is 0 Å². The first-order chi connectivity index (χ1) is 19.5. The molecule has 2 amide bonds. The molecule has 3 aromatic rings. The van der Waals surface area contributed by atoms with E-state index in [0.717, 1.165) is 16.1 Å². The zero-order valence-corrected chi connectivity index (χ0v) is 25.7. The highest BCUT2D eigenvalue weighted by atomic mass is 35.5. The molecule has 0 aliphatic carbocycles. The molecule has 0 aliphatic heterocycles. The molecule has 8 nitrogen and oxygen atoms in total. The molecule has 220 valence electrons. The Balaban J connectivity index is 2.09.